The van der Waals surface area contributed by atoms with Gasteiger partial charge in [-0.3, -0.25) is 14.9 Å². The maximum absolute atomic E-state index is 12.8. The van der Waals surface area contributed by atoms with E-state index < -0.39 is 23.0 Å². The van der Waals surface area contributed by atoms with Crippen molar-refractivity contribution in [3.8, 4) is 0 Å². The van der Waals surface area contributed by atoms with Gasteiger partial charge < -0.3 is 15.2 Å². The molecule has 0 aromatic heterocycles. The van der Waals surface area contributed by atoms with Crippen LogP contribution in [0.15, 0.2) is 30.3 Å². The van der Waals surface area contributed by atoms with Crippen molar-refractivity contribution in [1.29, 1.82) is 0 Å². The Morgan fingerprint density at radius 1 is 1.07 bits per heavy atom. The molecule has 0 aliphatic heterocycles. The average Bonchev–Trinajstić information content (AvgIpc) is 2.65. The molecule has 7 nitrogen and oxygen atoms in total. The number of benzene rings is 1. The van der Waals surface area contributed by atoms with E-state index >= 15 is 0 Å². The Morgan fingerprint density at radius 2 is 1.76 bits per heavy atom. The zero-order valence-electron chi connectivity index (χ0n) is 16.5. The second kappa shape index (κ2) is 7.78. The summed E-state index contributed by atoms with van der Waals surface area (Å²) in [5.74, 6) is -0.00493. The number of rotatable bonds is 6. The fourth-order valence-corrected chi connectivity index (χ4v) is 5.85. The summed E-state index contributed by atoms with van der Waals surface area (Å²) >= 11 is 0. The monoisotopic (exact) mass is 400 g/mol. The third-order valence-electron chi connectivity index (χ3n) is 6.57. The minimum atomic E-state index is -0.725. The predicted octanol–water partition coefficient (Wildman–Crippen LogP) is 2.28. The molecule has 0 radical (unpaired) electrons. The fraction of sp³-hybridized carbons (Fsp3) is 0.591. The van der Waals surface area contributed by atoms with Crippen LogP contribution < -0.4 is 10.6 Å². The molecule has 4 saturated carbocycles. The van der Waals surface area contributed by atoms with Gasteiger partial charge >= 0.3 is 12.0 Å². The molecule has 156 valence electrons. The van der Waals surface area contributed by atoms with Gasteiger partial charge in [0, 0.05) is 6.54 Å². The van der Waals surface area contributed by atoms with Gasteiger partial charge in [-0.25, -0.2) is 4.79 Å². The Labute approximate surface area is 170 Å². The third-order valence-corrected chi connectivity index (χ3v) is 6.57. The highest BCUT2D eigenvalue weighted by Crippen LogP contribution is 2.61. The number of carbonyl (C=O) groups excluding carboxylic acids is 3. The standard InChI is InChI=1S/C22H28N2O5/c25-18(24-20(27)23-13-15-4-2-1-3-5-15)6-7-29-19(26)21-9-16-8-17(10-21)12-22(28,11-16)14-21/h1-5,16-17,28H,6-14H2,(H2,23,24,25,27). The topological polar surface area (TPSA) is 105 Å². The quantitative estimate of drug-likeness (QED) is 0.636. The normalized spacial score (nSPS) is 31.9. The molecule has 1 aromatic rings. The molecule has 4 bridgehead atoms. The summed E-state index contributed by atoms with van der Waals surface area (Å²) in [4.78, 5) is 36.5. The lowest BCUT2D eigenvalue weighted by molar-refractivity contribution is -0.196. The lowest BCUT2D eigenvalue weighted by Crippen LogP contribution is -2.58. The summed E-state index contributed by atoms with van der Waals surface area (Å²) < 4.78 is 5.41. The SMILES string of the molecule is O=C(CCOC(=O)C12CC3CC(CC(O)(C3)C1)C2)NC(=O)NCc1ccccc1. The van der Waals surface area contributed by atoms with E-state index in [0.29, 0.717) is 24.8 Å². The first-order chi connectivity index (χ1) is 13.9. The van der Waals surface area contributed by atoms with Crippen molar-refractivity contribution in [1.82, 2.24) is 10.6 Å². The average molecular weight is 400 g/mol. The molecule has 4 aliphatic carbocycles. The van der Waals surface area contributed by atoms with Crippen LogP contribution in [0.3, 0.4) is 0 Å². The van der Waals surface area contributed by atoms with Gasteiger partial charge in [0.25, 0.3) is 0 Å². The Bertz CT molecular complexity index is 780. The molecule has 7 heteroatoms. The Hall–Kier alpha value is -2.41. The van der Waals surface area contributed by atoms with E-state index in [0.717, 1.165) is 37.7 Å². The van der Waals surface area contributed by atoms with E-state index in [1.54, 1.807) is 0 Å². The van der Waals surface area contributed by atoms with Crippen LogP contribution in [-0.4, -0.2) is 35.2 Å². The largest absolute Gasteiger partial charge is 0.465 e. The molecule has 0 spiro atoms. The van der Waals surface area contributed by atoms with Gasteiger partial charge in [0.15, 0.2) is 0 Å². The van der Waals surface area contributed by atoms with Gasteiger partial charge in [-0.2, -0.15) is 0 Å². The van der Waals surface area contributed by atoms with E-state index in [1.807, 2.05) is 30.3 Å². The molecule has 2 unspecified atom stereocenters. The van der Waals surface area contributed by atoms with Gasteiger partial charge in [-0.15, -0.1) is 0 Å². The van der Waals surface area contributed by atoms with Crippen LogP contribution in [0.2, 0.25) is 0 Å². The summed E-state index contributed by atoms with van der Waals surface area (Å²) in [5, 5.41) is 15.6. The molecule has 4 fully saturated rings. The van der Waals surface area contributed by atoms with E-state index in [-0.39, 0.29) is 19.0 Å². The minimum Gasteiger partial charge on any atom is -0.465 e. The maximum Gasteiger partial charge on any atom is 0.321 e. The number of urea groups is 1. The van der Waals surface area contributed by atoms with Crippen LogP contribution in [0.25, 0.3) is 0 Å². The molecule has 0 saturated heterocycles. The number of carbonyl (C=O) groups is 3. The van der Waals surface area contributed by atoms with Gasteiger partial charge in [0.1, 0.15) is 6.61 Å². The van der Waals surface area contributed by atoms with E-state index in [2.05, 4.69) is 10.6 Å². The van der Waals surface area contributed by atoms with E-state index in [4.69, 9.17) is 4.74 Å². The second-order valence-electron chi connectivity index (χ2n) is 9.07. The number of amides is 3. The molecular weight excluding hydrogens is 372 g/mol. The number of hydrogen-bond acceptors (Lipinski definition) is 5. The van der Waals surface area contributed by atoms with Gasteiger partial charge in [0.05, 0.1) is 17.4 Å². The zero-order valence-corrected chi connectivity index (χ0v) is 16.5. The molecule has 0 heterocycles. The molecular formula is C22H28N2O5. The Kier molecular flexibility index (Phi) is 5.34. The zero-order chi connectivity index (χ0) is 20.5. The molecule has 1 aromatic carbocycles. The molecule has 4 aliphatic rings. The third kappa shape index (κ3) is 4.45. The lowest BCUT2D eigenvalue weighted by Gasteiger charge is -2.58. The van der Waals surface area contributed by atoms with Crippen molar-refractivity contribution in [2.24, 2.45) is 17.3 Å². The first kappa shape index (κ1) is 19.9. The van der Waals surface area contributed by atoms with Crippen LogP contribution in [0.4, 0.5) is 4.79 Å². The number of aliphatic hydroxyl groups is 1. The van der Waals surface area contributed by atoms with Gasteiger partial charge in [0.2, 0.25) is 5.91 Å². The smallest absolute Gasteiger partial charge is 0.321 e. The number of ether oxygens (including phenoxy) is 1. The summed E-state index contributed by atoms with van der Waals surface area (Å²) in [6.07, 6.45) is 4.63. The van der Waals surface area contributed by atoms with Crippen molar-refractivity contribution in [2.75, 3.05) is 6.61 Å². The highest BCUT2D eigenvalue weighted by molar-refractivity contribution is 5.94. The van der Waals surface area contributed by atoms with Crippen molar-refractivity contribution in [3.63, 3.8) is 0 Å². The molecule has 5 rings (SSSR count). The molecule has 29 heavy (non-hydrogen) atoms. The highest BCUT2D eigenvalue weighted by Gasteiger charge is 2.60. The highest BCUT2D eigenvalue weighted by atomic mass is 16.5. The summed E-state index contributed by atoms with van der Waals surface area (Å²) in [6.45, 7) is 0.259. The van der Waals surface area contributed by atoms with Crippen molar-refractivity contribution < 1.29 is 24.2 Å². The lowest BCUT2D eigenvalue weighted by atomic mass is 9.48. The Balaban J connectivity index is 1.19. The van der Waals surface area contributed by atoms with Gasteiger partial charge in [-0.05, 0) is 55.9 Å². The number of nitrogens with one attached hydrogen (secondary N) is 2. The van der Waals surface area contributed by atoms with Crippen LogP contribution in [0.1, 0.15) is 50.5 Å². The molecule has 3 N–H and O–H groups in total. The predicted molar refractivity (Wildman–Crippen MR) is 104 cm³/mol. The van der Waals surface area contributed by atoms with Gasteiger partial charge in [-0.1, -0.05) is 30.3 Å². The Morgan fingerprint density at radius 3 is 2.41 bits per heavy atom. The number of esters is 1. The van der Waals surface area contributed by atoms with Crippen LogP contribution in [-0.2, 0) is 20.9 Å². The summed E-state index contributed by atoms with van der Waals surface area (Å²) in [5.41, 5.74) is -0.388. The number of hydrogen-bond donors (Lipinski definition) is 3. The summed E-state index contributed by atoms with van der Waals surface area (Å²) in [7, 11) is 0. The van der Waals surface area contributed by atoms with Crippen molar-refractivity contribution in [3.05, 3.63) is 35.9 Å². The molecule has 3 amide bonds. The summed E-state index contributed by atoms with van der Waals surface area (Å²) in [6, 6.07) is 8.81. The number of imide groups is 1. The van der Waals surface area contributed by atoms with Crippen molar-refractivity contribution >= 4 is 17.9 Å². The maximum atomic E-state index is 12.8. The first-order valence-electron chi connectivity index (χ1n) is 10.4. The fourth-order valence-electron chi connectivity index (χ4n) is 5.85. The van der Waals surface area contributed by atoms with Crippen molar-refractivity contribution in [2.45, 2.75) is 57.1 Å². The molecule has 2 atom stereocenters. The second-order valence-corrected chi connectivity index (χ2v) is 9.07. The van der Waals surface area contributed by atoms with Crippen LogP contribution in [0.5, 0.6) is 0 Å². The first-order valence-corrected chi connectivity index (χ1v) is 10.4. The van der Waals surface area contributed by atoms with Crippen LogP contribution >= 0.6 is 0 Å². The van der Waals surface area contributed by atoms with E-state index in [9.17, 15) is 19.5 Å². The van der Waals surface area contributed by atoms with E-state index in [1.165, 1.54) is 0 Å². The van der Waals surface area contributed by atoms with Crippen LogP contribution in [0, 0.1) is 17.3 Å². The minimum absolute atomic E-state index is 0.0633.